The molecule has 0 saturated heterocycles. The predicted molar refractivity (Wildman–Crippen MR) is 104 cm³/mol. The van der Waals surface area contributed by atoms with Crippen molar-refractivity contribution in [3.63, 3.8) is 0 Å². The molecule has 25 heavy (non-hydrogen) atoms. The lowest BCUT2D eigenvalue weighted by Gasteiger charge is -2.13. The zero-order valence-corrected chi connectivity index (χ0v) is 15.9. The Hall–Kier alpha value is -2.08. The van der Waals surface area contributed by atoms with Crippen molar-refractivity contribution in [2.45, 2.75) is 33.7 Å². The summed E-state index contributed by atoms with van der Waals surface area (Å²) in [6.45, 7) is 10.5. The van der Waals surface area contributed by atoms with E-state index < -0.39 is 0 Å². The van der Waals surface area contributed by atoms with Crippen LogP contribution in [0.4, 0.5) is 0 Å². The summed E-state index contributed by atoms with van der Waals surface area (Å²) in [6, 6.07) is 8.23. The minimum Gasteiger partial charge on any atom is -0.381 e. The summed E-state index contributed by atoms with van der Waals surface area (Å²) in [4.78, 5) is 8.86. The normalized spacial score (nSPS) is 12.1. The molecule has 6 heteroatoms. The number of rotatable bonds is 9. The number of para-hydroxylation sites is 2. The van der Waals surface area contributed by atoms with Crippen LogP contribution >= 0.6 is 0 Å². The molecule has 2 rings (SSSR count). The molecule has 6 nitrogen and oxygen atoms in total. The fourth-order valence-electron chi connectivity index (χ4n) is 2.68. The van der Waals surface area contributed by atoms with Gasteiger partial charge in [0, 0.05) is 39.9 Å². The van der Waals surface area contributed by atoms with Crippen LogP contribution in [0.15, 0.2) is 29.3 Å². The lowest BCUT2D eigenvalue weighted by molar-refractivity contribution is 0.108. The minimum absolute atomic E-state index is 0.588. The third-order valence-corrected chi connectivity index (χ3v) is 3.91. The highest BCUT2D eigenvalue weighted by Crippen LogP contribution is 2.14. The summed E-state index contributed by atoms with van der Waals surface area (Å²) in [5.41, 5.74) is 2.22. The molecule has 138 valence electrons. The molecule has 0 aliphatic heterocycles. The Morgan fingerprint density at radius 3 is 2.76 bits per heavy atom. The first-order chi connectivity index (χ1) is 12.1. The van der Waals surface area contributed by atoms with Gasteiger partial charge in [0.15, 0.2) is 5.96 Å². The summed E-state index contributed by atoms with van der Waals surface area (Å²) < 4.78 is 7.82. The van der Waals surface area contributed by atoms with Crippen LogP contribution in [0, 0.1) is 12.8 Å². The van der Waals surface area contributed by atoms with Crippen LogP contribution in [-0.2, 0) is 11.3 Å². The van der Waals surface area contributed by atoms with Gasteiger partial charge < -0.3 is 19.9 Å². The molecule has 1 aromatic carbocycles. The zero-order valence-electron chi connectivity index (χ0n) is 15.9. The maximum atomic E-state index is 5.58. The number of hydrogen-bond donors (Lipinski definition) is 2. The van der Waals surface area contributed by atoms with E-state index in [1.54, 1.807) is 7.05 Å². The van der Waals surface area contributed by atoms with Gasteiger partial charge in [-0.05, 0) is 31.4 Å². The van der Waals surface area contributed by atoms with Crippen LogP contribution in [-0.4, -0.2) is 48.9 Å². The highest BCUT2D eigenvalue weighted by atomic mass is 16.5. The Morgan fingerprint density at radius 1 is 1.24 bits per heavy atom. The van der Waals surface area contributed by atoms with Crippen molar-refractivity contribution >= 4 is 17.0 Å². The van der Waals surface area contributed by atoms with E-state index in [1.165, 1.54) is 5.52 Å². The lowest BCUT2D eigenvalue weighted by atomic mass is 10.2. The Balaban J connectivity index is 1.71. The average Bonchev–Trinajstić information content (AvgIpc) is 2.91. The molecule has 2 N–H and O–H groups in total. The van der Waals surface area contributed by atoms with Crippen LogP contribution in [0.1, 0.15) is 26.1 Å². The number of aliphatic imine (C=N–C) groups is 1. The minimum atomic E-state index is 0.588. The van der Waals surface area contributed by atoms with Crippen LogP contribution in [0.3, 0.4) is 0 Å². The van der Waals surface area contributed by atoms with Gasteiger partial charge in [0.1, 0.15) is 5.82 Å². The number of nitrogens with zero attached hydrogens (tertiary/aromatic N) is 3. The summed E-state index contributed by atoms with van der Waals surface area (Å²) in [5, 5.41) is 6.68. The standard InChI is InChI=1S/C19H31N5O/c1-15(2)14-25-13-7-10-21-19(20-4)22-11-12-24-16(3)23-17-8-5-6-9-18(17)24/h5-6,8-9,15H,7,10-14H2,1-4H3,(H2,20,21,22). The van der Waals surface area contributed by atoms with Crippen LogP contribution in [0.25, 0.3) is 11.0 Å². The first-order valence-corrected chi connectivity index (χ1v) is 9.06. The number of aryl methyl sites for hydroxylation is 1. The molecule has 0 bridgehead atoms. The molecule has 0 saturated carbocycles. The van der Waals surface area contributed by atoms with E-state index in [9.17, 15) is 0 Å². The van der Waals surface area contributed by atoms with Gasteiger partial charge in [0.05, 0.1) is 11.0 Å². The first-order valence-electron chi connectivity index (χ1n) is 9.06. The average molecular weight is 345 g/mol. The molecule has 0 atom stereocenters. The molecule has 0 aliphatic carbocycles. The van der Waals surface area contributed by atoms with Crippen molar-refractivity contribution in [3.05, 3.63) is 30.1 Å². The SMILES string of the molecule is CN=C(NCCCOCC(C)C)NCCn1c(C)nc2ccccc21. The molecule has 0 amide bonds. The molecule has 0 unspecified atom stereocenters. The van der Waals surface area contributed by atoms with Crippen LogP contribution in [0.5, 0.6) is 0 Å². The quantitative estimate of drug-likeness (QED) is 0.416. The molecule has 1 heterocycles. The van der Waals surface area contributed by atoms with Crippen LogP contribution < -0.4 is 10.6 Å². The second kappa shape index (κ2) is 10.0. The number of nitrogens with one attached hydrogen (secondary N) is 2. The number of hydrogen-bond acceptors (Lipinski definition) is 3. The van der Waals surface area contributed by atoms with Gasteiger partial charge >= 0.3 is 0 Å². The molecular formula is C19H31N5O. The maximum absolute atomic E-state index is 5.58. The molecular weight excluding hydrogens is 314 g/mol. The third-order valence-electron chi connectivity index (χ3n) is 3.91. The van der Waals surface area contributed by atoms with E-state index in [4.69, 9.17) is 4.74 Å². The van der Waals surface area contributed by atoms with Crippen LogP contribution in [0.2, 0.25) is 0 Å². The predicted octanol–water partition coefficient (Wildman–Crippen LogP) is 2.57. The second-order valence-electron chi connectivity index (χ2n) is 6.55. The molecule has 0 aliphatic rings. The molecule has 0 spiro atoms. The third kappa shape index (κ3) is 6.05. The van der Waals surface area contributed by atoms with Gasteiger partial charge in [-0.3, -0.25) is 4.99 Å². The van der Waals surface area contributed by atoms with Gasteiger partial charge in [0.25, 0.3) is 0 Å². The summed E-state index contributed by atoms with van der Waals surface area (Å²) in [5.74, 6) is 2.45. The number of benzene rings is 1. The maximum Gasteiger partial charge on any atom is 0.191 e. The Bertz CT molecular complexity index is 678. The van der Waals surface area contributed by atoms with E-state index >= 15 is 0 Å². The monoisotopic (exact) mass is 345 g/mol. The van der Waals surface area contributed by atoms with Crippen molar-refractivity contribution in [1.29, 1.82) is 0 Å². The lowest BCUT2D eigenvalue weighted by Crippen LogP contribution is -2.39. The Labute approximate surface area is 150 Å². The van der Waals surface area contributed by atoms with Crippen molar-refractivity contribution in [2.24, 2.45) is 10.9 Å². The number of imidazole rings is 1. The smallest absolute Gasteiger partial charge is 0.191 e. The topological polar surface area (TPSA) is 63.5 Å². The first kappa shape index (κ1) is 19.2. The summed E-state index contributed by atoms with van der Waals surface area (Å²) in [6.07, 6.45) is 0.971. The zero-order chi connectivity index (χ0) is 18.1. The van der Waals surface area contributed by atoms with Gasteiger partial charge in [-0.15, -0.1) is 0 Å². The number of aromatic nitrogens is 2. The van der Waals surface area contributed by atoms with Crippen molar-refractivity contribution in [2.75, 3.05) is 33.4 Å². The van der Waals surface area contributed by atoms with E-state index in [-0.39, 0.29) is 0 Å². The van der Waals surface area contributed by atoms with Gasteiger partial charge in [-0.25, -0.2) is 4.98 Å². The highest BCUT2D eigenvalue weighted by molar-refractivity contribution is 5.79. The van der Waals surface area contributed by atoms with Crippen molar-refractivity contribution < 1.29 is 4.74 Å². The van der Waals surface area contributed by atoms with E-state index in [2.05, 4.69) is 51.2 Å². The number of guanidine groups is 1. The molecule has 0 fully saturated rings. The van der Waals surface area contributed by atoms with Gasteiger partial charge in [-0.2, -0.15) is 0 Å². The van der Waals surface area contributed by atoms with Crippen molar-refractivity contribution in [1.82, 2.24) is 20.2 Å². The van der Waals surface area contributed by atoms with Gasteiger partial charge in [-0.1, -0.05) is 26.0 Å². The Morgan fingerprint density at radius 2 is 2.00 bits per heavy atom. The molecule has 0 radical (unpaired) electrons. The fraction of sp³-hybridized carbons (Fsp3) is 0.579. The summed E-state index contributed by atoms with van der Waals surface area (Å²) in [7, 11) is 1.79. The van der Waals surface area contributed by atoms with E-state index in [1.807, 2.05) is 19.1 Å². The van der Waals surface area contributed by atoms with Crippen molar-refractivity contribution in [3.8, 4) is 0 Å². The number of ether oxygens (including phenoxy) is 1. The molecule has 2 aromatic rings. The van der Waals surface area contributed by atoms with E-state index in [0.717, 1.165) is 56.6 Å². The van der Waals surface area contributed by atoms with Gasteiger partial charge in [0.2, 0.25) is 0 Å². The van der Waals surface area contributed by atoms with E-state index in [0.29, 0.717) is 5.92 Å². The summed E-state index contributed by atoms with van der Waals surface area (Å²) >= 11 is 0. The Kier molecular flexibility index (Phi) is 7.73. The highest BCUT2D eigenvalue weighted by Gasteiger charge is 2.06. The largest absolute Gasteiger partial charge is 0.381 e. The fourth-order valence-corrected chi connectivity index (χ4v) is 2.68. The second-order valence-corrected chi connectivity index (χ2v) is 6.55. The molecule has 1 aromatic heterocycles. The number of fused-ring (bicyclic) bond motifs is 1.